The summed E-state index contributed by atoms with van der Waals surface area (Å²) in [5.41, 5.74) is 5.17. The summed E-state index contributed by atoms with van der Waals surface area (Å²) in [6, 6.07) is 14.4. The number of nitrogens with one attached hydrogen (secondary N) is 1. The Bertz CT molecular complexity index is 852. The number of ether oxygens (including phenoxy) is 1. The third kappa shape index (κ3) is 5.45. The van der Waals surface area contributed by atoms with Crippen LogP contribution in [0, 0.1) is 11.8 Å². The third-order valence-corrected chi connectivity index (χ3v) is 4.67. The molecule has 0 atom stereocenters. The molecule has 0 aliphatic heterocycles. The lowest BCUT2D eigenvalue weighted by Crippen LogP contribution is -2.16. The topological polar surface area (TPSA) is 38.3 Å². The van der Waals surface area contributed by atoms with E-state index >= 15 is 0 Å². The molecule has 0 aromatic heterocycles. The second-order valence-electron chi connectivity index (χ2n) is 7.27. The molecule has 0 radical (unpaired) electrons. The molecule has 3 rings (SSSR count). The van der Waals surface area contributed by atoms with Crippen LogP contribution in [0.1, 0.15) is 72.1 Å². The molecule has 1 aliphatic carbocycles. The second-order valence-corrected chi connectivity index (χ2v) is 7.27. The van der Waals surface area contributed by atoms with Gasteiger partial charge in [-0.25, -0.2) is 4.79 Å². The van der Waals surface area contributed by atoms with Crippen molar-refractivity contribution in [2.24, 2.45) is 0 Å². The fourth-order valence-corrected chi connectivity index (χ4v) is 2.96. The van der Waals surface area contributed by atoms with Crippen LogP contribution in [0.5, 0.6) is 0 Å². The van der Waals surface area contributed by atoms with E-state index < -0.39 is 0 Å². The molecule has 140 valence electrons. The summed E-state index contributed by atoms with van der Waals surface area (Å²) >= 11 is 0. The number of carbonyl (C=O) groups is 1. The van der Waals surface area contributed by atoms with Gasteiger partial charge in [0.25, 0.3) is 0 Å². The Labute approximate surface area is 162 Å². The molecular weight excluding hydrogens is 334 g/mol. The molecule has 3 nitrogen and oxygen atoms in total. The van der Waals surface area contributed by atoms with E-state index in [-0.39, 0.29) is 5.97 Å². The lowest BCUT2D eigenvalue weighted by Gasteiger charge is -2.14. The van der Waals surface area contributed by atoms with Crippen LogP contribution >= 0.6 is 0 Å². The summed E-state index contributed by atoms with van der Waals surface area (Å²) in [4.78, 5) is 11.7. The SMILES string of the molecule is CCOC(=O)c1ccc(C#Cc2ccc(CNC3CC3)c(C(C)C)c2)cc1. The fourth-order valence-electron chi connectivity index (χ4n) is 2.96. The van der Waals surface area contributed by atoms with E-state index in [1.165, 1.54) is 24.0 Å². The van der Waals surface area contributed by atoms with Crippen molar-refractivity contribution in [1.82, 2.24) is 5.32 Å². The predicted octanol–water partition coefficient (Wildman–Crippen LogP) is 4.64. The lowest BCUT2D eigenvalue weighted by atomic mass is 9.95. The first-order valence-electron chi connectivity index (χ1n) is 9.72. The molecule has 1 fully saturated rings. The van der Waals surface area contributed by atoms with Crippen LogP contribution in [0.15, 0.2) is 42.5 Å². The summed E-state index contributed by atoms with van der Waals surface area (Å²) in [6.45, 7) is 7.56. The molecule has 1 aliphatic rings. The first-order chi connectivity index (χ1) is 13.1. The number of rotatable bonds is 6. The highest BCUT2D eigenvalue weighted by Crippen LogP contribution is 2.24. The van der Waals surface area contributed by atoms with E-state index in [4.69, 9.17) is 4.74 Å². The average molecular weight is 361 g/mol. The van der Waals surface area contributed by atoms with Crippen LogP contribution in [-0.4, -0.2) is 18.6 Å². The maximum absolute atomic E-state index is 11.7. The highest BCUT2D eigenvalue weighted by molar-refractivity contribution is 5.89. The molecule has 0 heterocycles. The van der Waals surface area contributed by atoms with Crippen molar-refractivity contribution in [3.63, 3.8) is 0 Å². The van der Waals surface area contributed by atoms with Crippen LogP contribution in [0.3, 0.4) is 0 Å². The van der Waals surface area contributed by atoms with E-state index in [0.717, 1.165) is 17.7 Å². The molecular formula is C24H27NO2. The van der Waals surface area contributed by atoms with Crippen molar-refractivity contribution in [2.75, 3.05) is 6.61 Å². The first kappa shape index (κ1) is 19.2. The Morgan fingerprint density at radius 1 is 1.11 bits per heavy atom. The molecule has 2 aromatic carbocycles. The zero-order valence-electron chi connectivity index (χ0n) is 16.3. The molecule has 0 bridgehead atoms. The van der Waals surface area contributed by atoms with Crippen LogP contribution in [-0.2, 0) is 11.3 Å². The van der Waals surface area contributed by atoms with Gasteiger partial charge in [0, 0.05) is 23.7 Å². The largest absolute Gasteiger partial charge is 0.462 e. The number of esters is 1. The summed E-state index contributed by atoms with van der Waals surface area (Å²) in [5, 5.41) is 3.60. The smallest absolute Gasteiger partial charge is 0.338 e. The van der Waals surface area contributed by atoms with Crippen LogP contribution in [0.25, 0.3) is 0 Å². The Hall–Kier alpha value is -2.57. The Kier molecular flexibility index (Phi) is 6.32. The molecule has 0 saturated heterocycles. The maximum atomic E-state index is 11.7. The molecule has 27 heavy (non-hydrogen) atoms. The lowest BCUT2D eigenvalue weighted by molar-refractivity contribution is 0.0526. The number of hydrogen-bond acceptors (Lipinski definition) is 3. The van der Waals surface area contributed by atoms with Gasteiger partial charge in [-0.15, -0.1) is 0 Å². The van der Waals surface area contributed by atoms with Gasteiger partial charge in [0.2, 0.25) is 0 Å². The Balaban J connectivity index is 1.73. The van der Waals surface area contributed by atoms with E-state index in [9.17, 15) is 4.79 Å². The number of benzene rings is 2. The summed E-state index contributed by atoms with van der Waals surface area (Å²) in [7, 11) is 0. The Morgan fingerprint density at radius 2 is 1.78 bits per heavy atom. The minimum atomic E-state index is -0.297. The van der Waals surface area contributed by atoms with Crippen molar-refractivity contribution >= 4 is 5.97 Å². The highest BCUT2D eigenvalue weighted by atomic mass is 16.5. The van der Waals surface area contributed by atoms with Crippen molar-refractivity contribution in [3.8, 4) is 11.8 Å². The minimum absolute atomic E-state index is 0.297. The van der Waals surface area contributed by atoms with Crippen LogP contribution in [0.2, 0.25) is 0 Å². The predicted molar refractivity (Wildman–Crippen MR) is 109 cm³/mol. The van der Waals surface area contributed by atoms with Crippen molar-refractivity contribution in [1.29, 1.82) is 0 Å². The number of carbonyl (C=O) groups excluding carboxylic acids is 1. The van der Waals surface area contributed by atoms with Crippen molar-refractivity contribution in [3.05, 3.63) is 70.3 Å². The monoisotopic (exact) mass is 361 g/mol. The van der Waals surface area contributed by atoms with Crippen molar-refractivity contribution in [2.45, 2.75) is 52.1 Å². The third-order valence-electron chi connectivity index (χ3n) is 4.67. The molecule has 0 spiro atoms. The van der Waals surface area contributed by atoms with Gasteiger partial charge in [-0.2, -0.15) is 0 Å². The summed E-state index contributed by atoms with van der Waals surface area (Å²) in [6.07, 6.45) is 2.60. The summed E-state index contributed by atoms with van der Waals surface area (Å²) in [5.74, 6) is 6.60. The average Bonchev–Trinajstić information content (AvgIpc) is 3.50. The second kappa shape index (κ2) is 8.88. The zero-order valence-corrected chi connectivity index (χ0v) is 16.3. The van der Waals surface area contributed by atoms with E-state index in [0.29, 0.717) is 24.1 Å². The quantitative estimate of drug-likeness (QED) is 0.602. The molecule has 1 saturated carbocycles. The molecule has 3 heteroatoms. The first-order valence-corrected chi connectivity index (χ1v) is 9.72. The number of hydrogen-bond donors (Lipinski definition) is 1. The normalized spacial score (nSPS) is 13.2. The Morgan fingerprint density at radius 3 is 2.41 bits per heavy atom. The van der Waals surface area contributed by atoms with Gasteiger partial charge in [0.15, 0.2) is 0 Å². The van der Waals surface area contributed by atoms with Gasteiger partial charge in [0.1, 0.15) is 0 Å². The van der Waals surface area contributed by atoms with Gasteiger partial charge in [0.05, 0.1) is 12.2 Å². The van der Waals surface area contributed by atoms with Crippen LogP contribution < -0.4 is 5.32 Å². The van der Waals surface area contributed by atoms with Gasteiger partial charge in [-0.1, -0.05) is 31.8 Å². The van der Waals surface area contributed by atoms with Gasteiger partial charge < -0.3 is 10.1 Å². The van der Waals surface area contributed by atoms with E-state index in [1.54, 1.807) is 19.1 Å². The van der Waals surface area contributed by atoms with Gasteiger partial charge in [-0.05, 0) is 73.2 Å². The van der Waals surface area contributed by atoms with Gasteiger partial charge >= 0.3 is 5.97 Å². The van der Waals surface area contributed by atoms with E-state index in [1.807, 2.05) is 12.1 Å². The zero-order chi connectivity index (χ0) is 19.2. The minimum Gasteiger partial charge on any atom is -0.462 e. The standard InChI is InChI=1S/C24H27NO2/c1-4-27-24(26)20-10-7-18(8-11-20)5-6-19-9-12-21(16-25-22-13-14-22)23(15-19)17(2)3/h7-12,15,17,22,25H,4,13-14,16H2,1-3H3. The maximum Gasteiger partial charge on any atom is 0.338 e. The fraction of sp³-hybridized carbons (Fsp3) is 0.375. The molecule has 0 amide bonds. The highest BCUT2D eigenvalue weighted by Gasteiger charge is 2.20. The molecule has 2 aromatic rings. The summed E-state index contributed by atoms with van der Waals surface area (Å²) < 4.78 is 5.00. The van der Waals surface area contributed by atoms with Crippen molar-refractivity contribution < 1.29 is 9.53 Å². The molecule has 0 unspecified atom stereocenters. The van der Waals surface area contributed by atoms with Gasteiger partial charge in [-0.3, -0.25) is 0 Å². The molecule has 1 N–H and O–H groups in total. The van der Waals surface area contributed by atoms with Crippen LogP contribution in [0.4, 0.5) is 0 Å². The van der Waals surface area contributed by atoms with E-state index in [2.05, 4.69) is 49.2 Å².